The quantitative estimate of drug-likeness (QED) is 0.618. The van der Waals surface area contributed by atoms with Crippen LogP contribution in [0.15, 0.2) is 18.2 Å². The highest BCUT2D eigenvalue weighted by Gasteiger charge is 2.30. The first-order chi connectivity index (χ1) is 7.45. The van der Waals surface area contributed by atoms with Crippen LogP contribution in [0.2, 0.25) is 0 Å². The third-order valence-electron chi connectivity index (χ3n) is 2.29. The minimum absolute atomic E-state index is 0.202. The monoisotopic (exact) mass is 232 g/mol. The summed E-state index contributed by atoms with van der Waals surface area (Å²) in [6.07, 6.45) is -3.69. The lowest BCUT2D eigenvalue weighted by atomic mass is 10.1. The Balaban J connectivity index is 2.76. The third kappa shape index (κ3) is 3.41. The molecule has 0 fully saturated rings. The Morgan fingerprint density at radius 1 is 1.31 bits per heavy atom. The molecule has 0 atom stereocenters. The van der Waals surface area contributed by atoms with Crippen molar-refractivity contribution in [1.29, 1.82) is 0 Å². The van der Waals surface area contributed by atoms with Crippen molar-refractivity contribution < 1.29 is 13.2 Å². The van der Waals surface area contributed by atoms with E-state index in [2.05, 4.69) is 5.32 Å². The summed E-state index contributed by atoms with van der Waals surface area (Å²) in [5.41, 5.74) is 5.82. The molecule has 0 aliphatic carbocycles. The molecular formula is C11H15F3N2. The molecule has 0 saturated carbocycles. The Kier molecular flexibility index (Phi) is 4.18. The van der Waals surface area contributed by atoms with Crippen LogP contribution in [-0.2, 0) is 12.6 Å². The van der Waals surface area contributed by atoms with Gasteiger partial charge in [0, 0.05) is 5.69 Å². The van der Waals surface area contributed by atoms with Gasteiger partial charge in [-0.2, -0.15) is 13.2 Å². The molecule has 0 radical (unpaired) electrons. The Morgan fingerprint density at radius 2 is 2.00 bits per heavy atom. The summed E-state index contributed by atoms with van der Waals surface area (Å²) in [5, 5.41) is 3.09. The molecule has 0 aromatic heterocycles. The SMILES string of the molecule is CCNCCc1ccc(C(F)(F)F)cc1N. The number of hydrogen-bond donors (Lipinski definition) is 2. The van der Waals surface area contributed by atoms with E-state index < -0.39 is 11.7 Å². The van der Waals surface area contributed by atoms with Gasteiger partial charge < -0.3 is 11.1 Å². The van der Waals surface area contributed by atoms with Gasteiger partial charge in [0.05, 0.1) is 5.56 Å². The number of benzene rings is 1. The van der Waals surface area contributed by atoms with E-state index in [0.717, 1.165) is 24.2 Å². The van der Waals surface area contributed by atoms with Gasteiger partial charge in [-0.05, 0) is 37.2 Å². The van der Waals surface area contributed by atoms with Gasteiger partial charge in [-0.1, -0.05) is 13.0 Å². The molecule has 0 aliphatic rings. The summed E-state index contributed by atoms with van der Waals surface area (Å²) in [4.78, 5) is 0. The first-order valence-electron chi connectivity index (χ1n) is 5.11. The van der Waals surface area contributed by atoms with Crippen molar-refractivity contribution in [2.24, 2.45) is 0 Å². The molecule has 0 unspecified atom stereocenters. The number of nitrogen functional groups attached to an aromatic ring is 1. The van der Waals surface area contributed by atoms with Gasteiger partial charge >= 0.3 is 6.18 Å². The lowest BCUT2D eigenvalue weighted by Gasteiger charge is -2.10. The summed E-state index contributed by atoms with van der Waals surface area (Å²) in [6.45, 7) is 3.52. The highest BCUT2D eigenvalue weighted by atomic mass is 19.4. The van der Waals surface area contributed by atoms with Crippen molar-refractivity contribution in [1.82, 2.24) is 5.32 Å². The van der Waals surface area contributed by atoms with E-state index in [1.807, 2.05) is 6.92 Å². The van der Waals surface area contributed by atoms with E-state index in [-0.39, 0.29) is 5.69 Å². The van der Waals surface area contributed by atoms with Crippen LogP contribution >= 0.6 is 0 Å². The lowest BCUT2D eigenvalue weighted by Crippen LogP contribution is -2.17. The van der Waals surface area contributed by atoms with Crippen molar-refractivity contribution >= 4 is 5.69 Å². The number of likely N-dealkylation sites (N-methyl/N-ethyl adjacent to an activating group) is 1. The fourth-order valence-corrected chi connectivity index (χ4v) is 1.40. The maximum Gasteiger partial charge on any atom is 0.416 e. The predicted molar refractivity (Wildman–Crippen MR) is 58.1 cm³/mol. The van der Waals surface area contributed by atoms with Gasteiger partial charge in [0.2, 0.25) is 0 Å². The van der Waals surface area contributed by atoms with E-state index in [4.69, 9.17) is 5.73 Å². The fourth-order valence-electron chi connectivity index (χ4n) is 1.40. The van der Waals surface area contributed by atoms with Gasteiger partial charge in [0.25, 0.3) is 0 Å². The van der Waals surface area contributed by atoms with E-state index in [1.165, 1.54) is 6.07 Å². The van der Waals surface area contributed by atoms with Crippen LogP contribution in [0.1, 0.15) is 18.1 Å². The molecule has 5 heteroatoms. The summed E-state index contributed by atoms with van der Waals surface area (Å²) in [5.74, 6) is 0. The number of rotatable bonds is 4. The minimum atomic E-state index is -4.33. The van der Waals surface area contributed by atoms with Crippen LogP contribution in [0, 0.1) is 0 Å². The molecule has 0 aliphatic heterocycles. The maximum absolute atomic E-state index is 12.3. The average molecular weight is 232 g/mol. The van der Waals surface area contributed by atoms with Gasteiger partial charge in [-0.15, -0.1) is 0 Å². The smallest absolute Gasteiger partial charge is 0.398 e. The number of nitrogens with two attached hydrogens (primary N) is 1. The molecule has 16 heavy (non-hydrogen) atoms. The van der Waals surface area contributed by atoms with Crippen LogP contribution in [0.5, 0.6) is 0 Å². The van der Waals surface area contributed by atoms with Gasteiger partial charge in [-0.25, -0.2) is 0 Å². The molecule has 2 nitrogen and oxygen atoms in total. The second kappa shape index (κ2) is 5.21. The number of alkyl halides is 3. The maximum atomic E-state index is 12.3. The Bertz CT molecular complexity index is 348. The Labute approximate surface area is 92.6 Å². The normalized spacial score (nSPS) is 11.8. The topological polar surface area (TPSA) is 38.0 Å². The van der Waals surface area contributed by atoms with Crippen molar-refractivity contribution in [2.75, 3.05) is 18.8 Å². The molecule has 1 rings (SSSR count). The summed E-state index contributed by atoms with van der Waals surface area (Å²) in [7, 11) is 0. The molecule has 90 valence electrons. The van der Waals surface area contributed by atoms with Gasteiger partial charge in [0.15, 0.2) is 0 Å². The molecule has 0 heterocycles. The van der Waals surface area contributed by atoms with Crippen molar-refractivity contribution in [2.45, 2.75) is 19.5 Å². The zero-order valence-corrected chi connectivity index (χ0v) is 9.06. The second-order valence-electron chi connectivity index (χ2n) is 3.51. The third-order valence-corrected chi connectivity index (χ3v) is 2.29. The highest BCUT2D eigenvalue weighted by Crippen LogP contribution is 2.31. The van der Waals surface area contributed by atoms with Crippen molar-refractivity contribution in [3.8, 4) is 0 Å². The molecule has 1 aromatic carbocycles. The average Bonchev–Trinajstić information content (AvgIpc) is 2.19. The highest BCUT2D eigenvalue weighted by molar-refractivity contribution is 5.50. The molecule has 0 bridgehead atoms. The lowest BCUT2D eigenvalue weighted by molar-refractivity contribution is -0.137. The number of anilines is 1. The van der Waals surface area contributed by atoms with Crippen LogP contribution in [-0.4, -0.2) is 13.1 Å². The zero-order valence-electron chi connectivity index (χ0n) is 9.06. The zero-order chi connectivity index (χ0) is 12.2. The predicted octanol–water partition coefficient (Wildman–Crippen LogP) is 2.44. The van der Waals surface area contributed by atoms with E-state index in [0.29, 0.717) is 13.0 Å². The van der Waals surface area contributed by atoms with E-state index in [1.54, 1.807) is 0 Å². The summed E-state index contributed by atoms with van der Waals surface area (Å²) >= 11 is 0. The molecule has 0 spiro atoms. The second-order valence-corrected chi connectivity index (χ2v) is 3.51. The summed E-state index contributed by atoms with van der Waals surface area (Å²) in [6, 6.07) is 3.49. The van der Waals surface area contributed by atoms with E-state index in [9.17, 15) is 13.2 Å². The molecule has 0 amide bonds. The number of hydrogen-bond acceptors (Lipinski definition) is 2. The van der Waals surface area contributed by atoms with Gasteiger partial charge in [-0.3, -0.25) is 0 Å². The Hall–Kier alpha value is -1.23. The standard InChI is InChI=1S/C11H15F3N2/c1-2-16-6-5-8-3-4-9(7-10(8)15)11(12,13)14/h3-4,7,16H,2,5-6,15H2,1H3. The first-order valence-corrected chi connectivity index (χ1v) is 5.11. The Morgan fingerprint density at radius 3 is 2.50 bits per heavy atom. The molecule has 3 N–H and O–H groups in total. The molecule has 1 aromatic rings. The first kappa shape index (κ1) is 12.8. The van der Waals surface area contributed by atoms with Gasteiger partial charge in [0.1, 0.15) is 0 Å². The number of nitrogens with one attached hydrogen (secondary N) is 1. The van der Waals surface area contributed by atoms with Crippen molar-refractivity contribution in [3.63, 3.8) is 0 Å². The number of halogens is 3. The van der Waals surface area contributed by atoms with Crippen molar-refractivity contribution in [3.05, 3.63) is 29.3 Å². The molecule has 0 saturated heterocycles. The minimum Gasteiger partial charge on any atom is -0.398 e. The fraction of sp³-hybridized carbons (Fsp3) is 0.455. The molecular weight excluding hydrogens is 217 g/mol. The van der Waals surface area contributed by atoms with Crippen LogP contribution in [0.25, 0.3) is 0 Å². The van der Waals surface area contributed by atoms with Crippen LogP contribution < -0.4 is 11.1 Å². The largest absolute Gasteiger partial charge is 0.416 e. The van der Waals surface area contributed by atoms with Crippen LogP contribution in [0.4, 0.5) is 18.9 Å². The van der Waals surface area contributed by atoms with Crippen LogP contribution in [0.3, 0.4) is 0 Å². The summed E-state index contributed by atoms with van der Waals surface area (Å²) < 4.78 is 37.0. The van der Waals surface area contributed by atoms with E-state index >= 15 is 0 Å².